The molecule has 2 aliphatic heterocycles. The van der Waals surface area contributed by atoms with Gasteiger partial charge >= 0.3 is 0 Å². The summed E-state index contributed by atoms with van der Waals surface area (Å²) in [5.41, 5.74) is 6.04. The van der Waals surface area contributed by atoms with E-state index in [1.165, 1.54) is 22.3 Å². The SMILES string of the molecule is COCc1c(Br)c2c(c(OC)c1OC)CN1CCc3cc(OC)c(OC)cc3C1C2. The maximum atomic E-state index is 5.83. The van der Waals surface area contributed by atoms with Crippen LogP contribution in [-0.2, 0) is 30.7 Å². The Morgan fingerprint density at radius 2 is 1.63 bits per heavy atom. The van der Waals surface area contributed by atoms with Gasteiger partial charge in [-0.1, -0.05) is 0 Å². The lowest BCUT2D eigenvalue weighted by molar-refractivity contribution is 0.155. The Balaban J connectivity index is 1.84. The molecule has 0 aliphatic carbocycles. The predicted molar refractivity (Wildman–Crippen MR) is 118 cm³/mol. The molecule has 0 saturated heterocycles. The summed E-state index contributed by atoms with van der Waals surface area (Å²) in [5, 5.41) is 0. The molecule has 1 unspecified atom stereocenters. The first kappa shape index (κ1) is 21.3. The second-order valence-corrected chi connectivity index (χ2v) is 8.39. The summed E-state index contributed by atoms with van der Waals surface area (Å²) in [5.74, 6) is 3.11. The van der Waals surface area contributed by atoms with Gasteiger partial charge in [-0.25, -0.2) is 0 Å². The molecular weight excluding hydrogens is 450 g/mol. The van der Waals surface area contributed by atoms with Crippen LogP contribution in [0.15, 0.2) is 16.6 Å². The van der Waals surface area contributed by atoms with Crippen LogP contribution < -0.4 is 18.9 Å². The quantitative estimate of drug-likeness (QED) is 0.618. The third-order valence-corrected chi connectivity index (χ3v) is 7.17. The normalized spacial score (nSPS) is 17.6. The van der Waals surface area contributed by atoms with Gasteiger partial charge < -0.3 is 23.7 Å². The van der Waals surface area contributed by atoms with Crippen LogP contribution in [0.1, 0.15) is 33.9 Å². The lowest BCUT2D eigenvalue weighted by Gasteiger charge is -2.42. The molecule has 0 spiro atoms. The number of hydrogen-bond acceptors (Lipinski definition) is 6. The Bertz CT molecular complexity index is 962. The van der Waals surface area contributed by atoms with Crippen molar-refractivity contribution < 1.29 is 23.7 Å². The van der Waals surface area contributed by atoms with Gasteiger partial charge in [0.2, 0.25) is 0 Å². The minimum absolute atomic E-state index is 0.269. The fourth-order valence-electron chi connectivity index (χ4n) is 4.82. The maximum Gasteiger partial charge on any atom is 0.167 e. The standard InChI is InChI=1S/C23H28BrNO5/c1-26-12-17-21(24)15-9-18-14-10-20(28-3)19(27-2)8-13(14)6-7-25(18)11-16(15)22(29-4)23(17)30-5/h8,10,18H,6-7,9,11-12H2,1-5H3. The van der Waals surface area contributed by atoms with Crippen LogP contribution in [0, 0.1) is 0 Å². The zero-order chi connectivity index (χ0) is 21.4. The third kappa shape index (κ3) is 3.33. The summed E-state index contributed by atoms with van der Waals surface area (Å²) >= 11 is 3.85. The average molecular weight is 478 g/mol. The summed E-state index contributed by atoms with van der Waals surface area (Å²) in [6, 6.07) is 4.53. The first-order chi connectivity index (χ1) is 14.6. The summed E-state index contributed by atoms with van der Waals surface area (Å²) in [6.07, 6.45) is 1.85. The number of halogens is 1. The van der Waals surface area contributed by atoms with Crippen molar-refractivity contribution in [2.75, 3.05) is 42.1 Å². The van der Waals surface area contributed by atoms with Crippen molar-refractivity contribution in [1.82, 2.24) is 4.90 Å². The average Bonchev–Trinajstić information content (AvgIpc) is 2.78. The topological polar surface area (TPSA) is 49.4 Å². The van der Waals surface area contributed by atoms with Crippen LogP contribution in [0.2, 0.25) is 0 Å². The van der Waals surface area contributed by atoms with Crippen molar-refractivity contribution in [3.05, 3.63) is 44.4 Å². The molecule has 2 aromatic carbocycles. The first-order valence-electron chi connectivity index (χ1n) is 9.99. The molecule has 0 saturated carbocycles. The van der Waals surface area contributed by atoms with Gasteiger partial charge in [-0.2, -0.15) is 0 Å². The Kier molecular flexibility index (Phi) is 6.14. The largest absolute Gasteiger partial charge is 0.493 e. The van der Waals surface area contributed by atoms with Gasteiger partial charge in [0.25, 0.3) is 0 Å². The predicted octanol–water partition coefficient (Wildman–Crippen LogP) is 4.29. The molecule has 0 radical (unpaired) electrons. The lowest BCUT2D eigenvalue weighted by Crippen LogP contribution is -2.39. The number of fused-ring (bicyclic) bond motifs is 4. The molecule has 0 aromatic heterocycles. The van der Waals surface area contributed by atoms with Crippen molar-refractivity contribution in [2.45, 2.75) is 32.0 Å². The van der Waals surface area contributed by atoms with Gasteiger partial charge in [-0.05, 0) is 57.6 Å². The van der Waals surface area contributed by atoms with E-state index < -0.39 is 0 Å². The van der Waals surface area contributed by atoms with Crippen molar-refractivity contribution in [2.24, 2.45) is 0 Å². The first-order valence-corrected chi connectivity index (χ1v) is 10.8. The molecule has 2 heterocycles. The fourth-order valence-corrected chi connectivity index (χ4v) is 5.51. The monoisotopic (exact) mass is 477 g/mol. The Hall–Kier alpha value is -1.96. The summed E-state index contributed by atoms with van der Waals surface area (Å²) in [4.78, 5) is 2.51. The van der Waals surface area contributed by atoms with E-state index in [9.17, 15) is 0 Å². The Morgan fingerprint density at radius 1 is 0.933 bits per heavy atom. The van der Waals surface area contributed by atoms with Crippen LogP contribution in [0.25, 0.3) is 0 Å². The molecule has 30 heavy (non-hydrogen) atoms. The highest BCUT2D eigenvalue weighted by Gasteiger charge is 2.37. The zero-order valence-electron chi connectivity index (χ0n) is 18.1. The molecule has 6 nitrogen and oxygen atoms in total. The van der Waals surface area contributed by atoms with E-state index in [1.807, 2.05) is 0 Å². The summed E-state index contributed by atoms with van der Waals surface area (Å²) in [7, 11) is 8.45. The van der Waals surface area contributed by atoms with E-state index in [1.54, 1.807) is 35.5 Å². The van der Waals surface area contributed by atoms with E-state index in [0.29, 0.717) is 6.61 Å². The summed E-state index contributed by atoms with van der Waals surface area (Å²) < 4.78 is 29.2. The molecule has 2 aromatic rings. The second kappa shape index (κ2) is 8.65. The highest BCUT2D eigenvalue weighted by molar-refractivity contribution is 9.10. The number of rotatable bonds is 6. The van der Waals surface area contributed by atoms with Gasteiger partial charge in [0.1, 0.15) is 0 Å². The molecule has 7 heteroatoms. The van der Waals surface area contributed by atoms with E-state index >= 15 is 0 Å². The van der Waals surface area contributed by atoms with E-state index in [4.69, 9.17) is 23.7 Å². The molecule has 0 fully saturated rings. The maximum absolute atomic E-state index is 5.83. The lowest BCUT2D eigenvalue weighted by atomic mass is 9.83. The molecule has 2 aliphatic rings. The minimum Gasteiger partial charge on any atom is -0.493 e. The van der Waals surface area contributed by atoms with Crippen molar-refractivity contribution in [1.29, 1.82) is 0 Å². The number of hydrogen-bond donors (Lipinski definition) is 0. The van der Waals surface area contributed by atoms with Gasteiger partial charge in [-0.3, -0.25) is 4.90 Å². The number of ether oxygens (including phenoxy) is 5. The van der Waals surface area contributed by atoms with Crippen molar-refractivity contribution in [3.8, 4) is 23.0 Å². The zero-order valence-corrected chi connectivity index (χ0v) is 19.7. The van der Waals surface area contributed by atoms with Crippen molar-refractivity contribution >= 4 is 15.9 Å². The minimum atomic E-state index is 0.269. The van der Waals surface area contributed by atoms with Gasteiger partial charge in [0, 0.05) is 41.8 Å². The highest BCUT2D eigenvalue weighted by atomic mass is 79.9. The van der Waals surface area contributed by atoms with Crippen LogP contribution in [0.4, 0.5) is 0 Å². The molecule has 4 rings (SSSR count). The van der Waals surface area contributed by atoms with Crippen LogP contribution in [0.3, 0.4) is 0 Å². The Morgan fingerprint density at radius 3 is 2.27 bits per heavy atom. The smallest absolute Gasteiger partial charge is 0.167 e. The van der Waals surface area contributed by atoms with Gasteiger partial charge in [-0.15, -0.1) is 0 Å². The number of methoxy groups -OCH3 is 5. The third-order valence-electron chi connectivity index (χ3n) is 6.22. The van der Waals surface area contributed by atoms with Crippen LogP contribution in [-0.4, -0.2) is 47.0 Å². The van der Waals surface area contributed by atoms with E-state index in [-0.39, 0.29) is 6.04 Å². The van der Waals surface area contributed by atoms with Crippen LogP contribution in [0.5, 0.6) is 23.0 Å². The number of benzene rings is 2. The molecule has 162 valence electrons. The molecular formula is C23H28BrNO5. The van der Waals surface area contributed by atoms with E-state index in [0.717, 1.165) is 59.0 Å². The molecule has 1 atom stereocenters. The Labute approximate surface area is 186 Å². The fraction of sp³-hybridized carbons (Fsp3) is 0.478. The van der Waals surface area contributed by atoms with E-state index in [2.05, 4.69) is 33.0 Å². The molecule has 0 amide bonds. The number of nitrogens with zero attached hydrogens (tertiary/aromatic N) is 1. The van der Waals surface area contributed by atoms with Gasteiger partial charge in [0.15, 0.2) is 23.0 Å². The van der Waals surface area contributed by atoms with Crippen molar-refractivity contribution in [3.63, 3.8) is 0 Å². The second-order valence-electron chi connectivity index (χ2n) is 7.60. The van der Waals surface area contributed by atoms with Crippen LogP contribution >= 0.6 is 15.9 Å². The molecule has 0 N–H and O–H groups in total. The summed E-state index contributed by atoms with van der Waals surface area (Å²) in [6.45, 7) is 2.23. The van der Waals surface area contributed by atoms with Gasteiger partial charge in [0.05, 0.1) is 35.0 Å². The highest BCUT2D eigenvalue weighted by Crippen LogP contribution is 2.50. The molecule has 0 bridgehead atoms.